The molecule has 1 heterocycles. The molecule has 108 valence electrons. The van der Waals surface area contributed by atoms with Crippen LogP contribution < -0.4 is 5.32 Å². The van der Waals surface area contributed by atoms with Crippen LogP contribution in [0.15, 0.2) is 0 Å². The summed E-state index contributed by atoms with van der Waals surface area (Å²) < 4.78 is 0. The highest BCUT2D eigenvalue weighted by Gasteiger charge is 2.31. The van der Waals surface area contributed by atoms with Crippen molar-refractivity contribution in [1.29, 1.82) is 0 Å². The summed E-state index contributed by atoms with van der Waals surface area (Å²) in [5.74, 6) is 0. The molecule has 1 rings (SSSR count). The van der Waals surface area contributed by atoms with E-state index in [2.05, 4.69) is 31.0 Å². The van der Waals surface area contributed by atoms with Crippen molar-refractivity contribution in [2.24, 2.45) is 0 Å². The second kappa shape index (κ2) is 8.92. The minimum absolute atomic E-state index is 0.465. The first-order chi connectivity index (χ1) is 8.73. The molecular formula is C16H34N2. The van der Waals surface area contributed by atoms with Crippen molar-refractivity contribution in [3.8, 4) is 0 Å². The number of nitrogens with one attached hydrogen (secondary N) is 1. The van der Waals surface area contributed by atoms with Crippen LogP contribution in [0.4, 0.5) is 0 Å². The molecule has 2 heteroatoms. The summed E-state index contributed by atoms with van der Waals surface area (Å²) in [7, 11) is 0. The van der Waals surface area contributed by atoms with Crippen LogP contribution in [-0.4, -0.2) is 36.6 Å². The molecule has 1 aliphatic rings. The first-order valence-electron chi connectivity index (χ1n) is 8.18. The largest absolute Gasteiger partial charge is 0.314 e. The standard InChI is InChI=1S/C16H34N2/c1-4-6-8-10-16(3,11-9-7-5-2)18-14-12-17-13-15-18/h17H,4-15H2,1-3H3. The molecule has 0 aromatic rings. The maximum Gasteiger partial charge on any atom is 0.0182 e. The molecule has 0 radical (unpaired) electrons. The van der Waals surface area contributed by atoms with Crippen LogP contribution >= 0.6 is 0 Å². The molecule has 1 N–H and O–H groups in total. The fourth-order valence-corrected chi connectivity index (χ4v) is 3.16. The molecule has 0 amide bonds. The Morgan fingerprint density at radius 2 is 1.39 bits per heavy atom. The quantitative estimate of drug-likeness (QED) is 0.629. The Labute approximate surface area is 115 Å². The monoisotopic (exact) mass is 254 g/mol. The van der Waals surface area contributed by atoms with Crippen LogP contribution in [0, 0.1) is 0 Å². The summed E-state index contributed by atoms with van der Waals surface area (Å²) in [4.78, 5) is 2.76. The normalized spacial score (nSPS) is 18.2. The minimum atomic E-state index is 0.465. The van der Waals surface area contributed by atoms with Gasteiger partial charge in [0.05, 0.1) is 0 Å². The Balaban J connectivity index is 2.47. The fourth-order valence-electron chi connectivity index (χ4n) is 3.16. The van der Waals surface area contributed by atoms with E-state index in [1.54, 1.807) is 0 Å². The molecule has 0 aromatic carbocycles. The lowest BCUT2D eigenvalue weighted by molar-refractivity contribution is 0.0675. The van der Waals surface area contributed by atoms with E-state index < -0.39 is 0 Å². The zero-order valence-corrected chi connectivity index (χ0v) is 12.9. The summed E-state index contributed by atoms with van der Waals surface area (Å²) in [6.45, 7) is 12.0. The van der Waals surface area contributed by atoms with E-state index in [4.69, 9.17) is 0 Å². The van der Waals surface area contributed by atoms with Crippen molar-refractivity contribution in [3.63, 3.8) is 0 Å². The number of hydrogen-bond acceptors (Lipinski definition) is 2. The maximum atomic E-state index is 3.48. The second-order valence-electron chi connectivity index (χ2n) is 6.15. The van der Waals surface area contributed by atoms with Crippen molar-refractivity contribution >= 4 is 0 Å². The molecule has 0 atom stereocenters. The minimum Gasteiger partial charge on any atom is -0.314 e. The molecule has 1 aliphatic heterocycles. The highest BCUT2D eigenvalue weighted by Crippen LogP contribution is 2.29. The Hall–Kier alpha value is -0.0800. The van der Waals surface area contributed by atoms with E-state index in [1.807, 2.05) is 0 Å². The molecule has 18 heavy (non-hydrogen) atoms. The highest BCUT2D eigenvalue weighted by molar-refractivity contribution is 4.88. The predicted molar refractivity (Wildman–Crippen MR) is 81.1 cm³/mol. The van der Waals surface area contributed by atoms with E-state index in [9.17, 15) is 0 Å². The maximum absolute atomic E-state index is 3.48. The Morgan fingerprint density at radius 3 is 1.83 bits per heavy atom. The van der Waals surface area contributed by atoms with Crippen LogP contribution in [0.2, 0.25) is 0 Å². The molecule has 0 aromatic heterocycles. The number of unbranched alkanes of at least 4 members (excludes halogenated alkanes) is 4. The van der Waals surface area contributed by atoms with Gasteiger partial charge in [0.25, 0.3) is 0 Å². The second-order valence-corrected chi connectivity index (χ2v) is 6.15. The van der Waals surface area contributed by atoms with E-state index in [1.165, 1.54) is 77.5 Å². The van der Waals surface area contributed by atoms with Gasteiger partial charge >= 0.3 is 0 Å². The van der Waals surface area contributed by atoms with Gasteiger partial charge in [0.1, 0.15) is 0 Å². The molecular weight excluding hydrogens is 220 g/mol. The third-order valence-corrected chi connectivity index (χ3v) is 4.52. The van der Waals surface area contributed by atoms with Gasteiger partial charge in [-0.2, -0.15) is 0 Å². The first-order valence-corrected chi connectivity index (χ1v) is 8.18. The van der Waals surface area contributed by atoms with Crippen LogP contribution in [-0.2, 0) is 0 Å². The lowest BCUT2D eigenvalue weighted by atomic mass is 9.86. The van der Waals surface area contributed by atoms with Crippen molar-refractivity contribution in [1.82, 2.24) is 10.2 Å². The Kier molecular flexibility index (Phi) is 7.92. The summed E-state index contributed by atoms with van der Waals surface area (Å²) in [5, 5.41) is 3.48. The third-order valence-electron chi connectivity index (χ3n) is 4.52. The SMILES string of the molecule is CCCCCC(C)(CCCCC)N1CCNCC1. The Morgan fingerprint density at radius 1 is 0.889 bits per heavy atom. The lowest BCUT2D eigenvalue weighted by Gasteiger charge is -2.44. The molecule has 0 saturated carbocycles. The van der Waals surface area contributed by atoms with Gasteiger partial charge in [-0.05, 0) is 19.8 Å². The van der Waals surface area contributed by atoms with Gasteiger partial charge in [-0.1, -0.05) is 52.4 Å². The molecule has 0 aliphatic carbocycles. The lowest BCUT2D eigenvalue weighted by Crippen LogP contribution is -2.54. The summed E-state index contributed by atoms with van der Waals surface area (Å²) in [6, 6.07) is 0. The van der Waals surface area contributed by atoms with Gasteiger partial charge in [-0.3, -0.25) is 4.90 Å². The van der Waals surface area contributed by atoms with Gasteiger partial charge in [-0.15, -0.1) is 0 Å². The number of rotatable bonds is 9. The summed E-state index contributed by atoms with van der Waals surface area (Å²) >= 11 is 0. The average Bonchev–Trinajstić information content (AvgIpc) is 2.40. The molecule has 0 bridgehead atoms. The van der Waals surface area contributed by atoms with Crippen LogP contribution in [0.3, 0.4) is 0 Å². The predicted octanol–water partition coefficient (Wildman–Crippen LogP) is 3.81. The van der Waals surface area contributed by atoms with Crippen molar-refractivity contribution in [3.05, 3.63) is 0 Å². The van der Waals surface area contributed by atoms with Crippen molar-refractivity contribution in [2.75, 3.05) is 26.2 Å². The van der Waals surface area contributed by atoms with Gasteiger partial charge in [0.15, 0.2) is 0 Å². The van der Waals surface area contributed by atoms with E-state index in [0.717, 1.165) is 0 Å². The average molecular weight is 254 g/mol. The Bertz CT molecular complexity index is 187. The van der Waals surface area contributed by atoms with Crippen LogP contribution in [0.25, 0.3) is 0 Å². The van der Waals surface area contributed by atoms with E-state index in [0.29, 0.717) is 5.54 Å². The fraction of sp³-hybridized carbons (Fsp3) is 1.00. The number of nitrogens with zero attached hydrogens (tertiary/aromatic N) is 1. The van der Waals surface area contributed by atoms with Gasteiger partial charge in [0.2, 0.25) is 0 Å². The molecule has 1 saturated heterocycles. The zero-order valence-electron chi connectivity index (χ0n) is 12.9. The molecule has 1 fully saturated rings. The summed E-state index contributed by atoms with van der Waals surface area (Å²) in [6.07, 6.45) is 11.1. The van der Waals surface area contributed by atoms with Gasteiger partial charge < -0.3 is 5.32 Å². The van der Waals surface area contributed by atoms with Crippen molar-refractivity contribution in [2.45, 2.75) is 77.7 Å². The van der Waals surface area contributed by atoms with Crippen LogP contribution in [0.5, 0.6) is 0 Å². The summed E-state index contributed by atoms with van der Waals surface area (Å²) in [5.41, 5.74) is 0.465. The zero-order chi connectivity index (χ0) is 13.3. The highest BCUT2D eigenvalue weighted by atomic mass is 15.2. The van der Waals surface area contributed by atoms with E-state index >= 15 is 0 Å². The number of hydrogen-bond donors (Lipinski definition) is 1. The van der Waals surface area contributed by atoms with Crippen LogP contribution in [0.1, 0.15) is 72.1 Å². The molecule has 0 spiro atoms. The smallest absolute Gasteiger partial charge is 0.0182 e. The first kappa shape index (κ1) is 16.0. The number of piperazine rings is 1. The van der Waals surface area contributed by atoms with Gasteiger partial charge in [-0.25, -0.2) is 0 Å². The third kappa shape index (κ3) is 5.27. The topological polar surface area (TPSA) is 15.3 Å². The van der Waals surface area contributed by atoms with E-state index in [-0.39, 0.29) is 0 Å². The molecule has 2 nitrogen and oxygen atoms in total. The van der Waals surface area contributed by atoms with Crippen molar-refractivity contribution < 1.29 is 0 Å². The molecule has 0 unspecified atom stereocenters. The van der Waals surface area contributed by atoms with Gasteiger partial charge in [0, 0.05) is 31.7 Å².